The van der Waals surface area contributed by atoms with Crippen LogP contribution in [0.2, 0.25) is 0 Å². The van der Waals surface area contributed by atoms with Crippen LogP contribution in [0, 0.1) is 11.3 Å². The van der Waals surface area contributed by atoms with Gasteiger partial charge in [0.2, 0.25) is 0 Å². The number of hydrogen-bond donors (Lipinski definition) is 1. The second kappa shape index (κ2) is 5.45. The Morgan fingerprint density at radius 2 is 2.00 bits per heavy atom. The Bertz CT molecular complexity index is 434. The summed E-state index contributed by atoms with van der Waals surface area (Å²) in [6.07, 6.45) is 1.22. The monoisotopic (exact) mass is 269 g/mol. The molecule has 2 nitrogen and oxygen atoms in total. The third kappa shape index (κ3) is 3.66. The van der Waals surface area contributed by atoms with Crippen LogP contribution in [-0.4, -0.2) is 13.2 Å². The molecule has 1 aliphatic rings. The molecule has 19 heavy (non-hydrogen) atoms. The Morgan fingerprint density at radius 3 is 2.58 bits per heavy atom. The van der Waals surface area contributed by atoms with Gasteiger partial charge in [-0.3, -0.25) is 0 Å². The minimum absolute atomic E-state index is 0.00588. The summed E-state index contributed by atoms with van der Waals surface area (Å²) >= 11 is 0. The minimum atomic E-state index is -2.78. The van der Waals surface area contributed by atoms with E-state index in [2.05, 4.69) is 23.9 Å². The van der Waals surface area contributed by atoms with Crippen LogP contribution in [0.15, 0.2) is 24.3 Å². The zero-order valence-corrected chi connectivity index (χ0v) is 11.6. The average molecular weight is 269 g/mol. The van der Waals surface area contributed by atoms with E-state index in [0.29, 0.717) is 11.3 Å². The molecule has 0 aliphatic heterocycles. The normalized spacial score (nSPS) is 22.3. The predicted molar refractivity (Wildman–Crippen MR) is 71.4 cm³/mol. The molecule has 0 heterocycles. The van der Waals surface area contributed by atoms with E-state index < -0.39 is 6.61 Å². The van der Waals surface area contributed by atoms with Crippen LogP contribution in [0.5, 0.6) is 5.75 Å². The number of para-hydroxylation sites is 1. The maximum absolute atomic E-state index is 12.3. The molecule has 0 saturated heterocycles. The lowest BCUT2D eigenvalue weighted by atomic mass is 10.1. The topological polar surface area (TPSA) is 21.3 Å². The second-order valence-corrected chi connectivity index (χ2v) is 5.94. The second-order valence-electron chi connectivity index (χ2n) is 5.94. The van der Waals surface area contributed by atoms with Gasteiger partial charge in [0.05, 0.1) is 0 Å². The maximum Gasteiger partial charge on any atom is 0.387 e. The van der Waals surface area contributed by atoms with Gasteiger partial charge in [0.25, 0.3) is 0 Å². The predicted octanol–water partition coefficient (Wildman–Crippen LogP) is 3.98. The molecule has 0 amide bonds. The van der Waals surface area contributed by atoms with Crippen LogP contribution < -0.4 is 10.1 Å². The number of nitrogens with one attached hydrogen (secondary N) is 1. The first-order valence-electron chi connectivity index (χ1n) is 6.67. The van der Waals surface area contributed by atoms with Gasteiger partial charge < -0.3 is 10.1 Å². The third-order valence-corrected chi connectivity index (χ3v) is 3.99. The zero-order chi connectivity index (χ0) is 14.0. The summed E-state index contributed by atoms with van der Waals surface area (Å²) in [6, 6.07) is 6.96. The lowest BCUT2D eigenvalue weighted by Crippen LogP contribution is -2.23. The summed E-state index contributed by atoms with van der Waals surface area (Å²) in [5.41, 5.74) is 1.20. The fraction of sp³-hybridized carbons (Fsp3) is 0.600. The zero-order valence-electron chi connectivity index (χ0n) is 11.6. The molecule has 1 aliphatic carbocycles. The third-order valence-electron chi connectivity index (χ3n) is 3.99. The standard InChI is InChI=1S/C15H21F2NO/c1-10(18-9-11-8-15(11,2)3)12-6-4-5-7-13(12)19-14(16)17/h4-7,10-11,14,18H,8-9H2,1-3H3. The molecule has 1 N–H and O–H groups in total. The number of rotatable bonds is 6. The highest BCUT2D eigenvalue weighted by molar-refractivity contribution is 5.35. The summed E-state index contributed by atoms with van der Waals surface area (Å²) in [6.45, 7) is 4.60. The van der Waals surface area contributed by atoms with Crippen LogP contribution in [0.25, 0.3) is 0 Å². The molecular formula is C15H21F2NO. The number of alkyl halides is 2. The Kier molecular flexibility index (Phi) is 4.09. The van der Waals surface area contributed by atoms with E-state index in [4.69, 9.17) is 0 Å². The fourth-order valence-corrected chi connectivity index (χ4v) is 2.40. The molecule has 2 unspecified atom stereocenters. The quantitative estimate of drug-likeness (QED) is 0.843. The summed E-state index contributed by atoms with van der Waals surface area (Å²) in [5, 5.41) is 3.41. The van der Waals surface area contributed by atoms with Crippen molar-refractivity contribution in [2.24, 2.45) is 11.3 Å². The van der Waals surface area contributed by atoms with Gasteiger partial charge in [-0.25, -0.2) is 0 Å². The van der Waals surface area contributed by atoms with E-state index >= 15 is 0 Å². The van der Waals surface area contributed by atoms with Crippen molar-refractivity contribution in [3.8, 4) is 5.75 Å². The van der Waals surface area contributed by atoms with Crippen LogP contribution in [0.3, 0.4) is 0 Å². The van der Waals surface area contributed by atoms with Gasteiger partial charge >= 0.3 is 6.61 Å². The minimum Gasteiger partial charge on any atom is -0.434 e. The van der Waals surface area contributed by atoms with E-state index in [1.54, 1.807) is 12.1 Å². The number of halogens is 2. The highest BCUT2D eigenvalue weighted by atomic mass is 19.3. The van der Waals surface area contributed by atoms with Gasteiger partial charge in [-0.2, -0.15) is 8.78 Å². The summed E-state index contributed by atoms with van der Waals surface area (Å²) in [5.74, 6) is 0.936. The smallest absolute Gasteiger partial charge is 0.387 e. The van der Waals surface area contributed by atoms with Crippen molar-refractivity contribution in [3.63, 3.8) is 0 Å². The average Bonchev–Trinajstić information content (AvgIpc) is 2.94. The van der Waals surface area contributed by atoms with E-state index in [1.165, 1.54) is 6.42 Å². The first-order valence-corrected chi connectivity index (χ1v) is 6.67. The molecule has 106 valence electrons. The Labute approximate surface area is 113 Å². The van der Waals surface area contributed by atoms with Crippen molar-refractivity contribution >= 4 is 0 Å². The van der Waals surface area contributed by atoms with E-state index in [-0.39, 0.29) is 11.8 Å². The molecular weight excluding hydrogens is 248 g/mol. The molecule has 1 saturated carbocycles. The van der Waals surface area contributed by atoms with Crippen molar-refractivity contribution < 1.29 is 13.5 Å². The van der Waals surface area contributed by atoms with E-state index in [9.17, 15) is 8.78 Å². The van der Waals surface area contributed by atoms with Crippen LogP contribution in [-0.2, 0) is 0 Å². The van der Waals surface area contributed by atoms with E-state index in [1.807, 2.05) is 19.1 Å². The highest BCUT2D eigenvalue weighted by Crippen LogP contribution is 2.51. The number of benzene rings is 1. The van der Waals surface area contributed by atoms with Gasteiger partial charge in [0.1, 0.15) is 5.75 Å². The largest absolute Gasteiger partial charge is 0.434 e. The van der Waals surface area contributed by atoms with Crippen molar-refractivity contribution in [1.29, 1.82) is 0 Å². The maximum atomic E-state index is 12.3. The first-order chi connectivity index (χ1) is 8.90. The summed E-state index contributed by atoms with van der Waals surface area (Å²) in [4.78, 5) is 0. The van der Waals surface area contributed by atoms with Crippen molar-refractivity contribution in [2.75, 3.05) is 6.54 Å². The Morgan fingerprint density at radius 1 is 1.37 bits per heavy atom. The lowest BCUT2D eigenvalue weighted by Gasteiger charge is -2.18. The molecule has 2 atom stereocenters. The number of hydrogen-bond acceptors (Lipinski definition) is 2. The number of ether oxygens (including phenoxy) is 1. The molecule has 0 spiro atoms. The van der Waals surface area contributed by atoms with Crippen LogP contribution in [0.1, 0.15) is 38.8 Å². The summed E-state index contributed by atoms with van der Waals surface area (Å²) < 4.78 is 29.3. The molecule has 1 aromatic rings. The van der Waals surface area contributed by atoms with Gasteiger partial charge in [-0.05, 0) is 37.3 Å². The summed E-state index contributed by atoms with van der Waals surface area (Å²) in [7, 11) is 0. The van der Waals surface area contributed by atoms with Gasteiger partial charge in [-0.1, -0.05) is 32.0 Å². The SMILES string of the molecule is CC(NCC1CC1(C)C)c1ccccc1OC(F)F. The van der Waals surface area contributed by atoms with Gasteiger partial charge in [0, 0.05) is 11.6 Å². The van der Waals surface area contributed by atoms with Crippen LogP contribution in [0.4, 0.5) is 8.78 Å². The molecule has 1 fully saturated rings. The van der Waals surface area contributed by atoms with Gasteiger partial charge in [0.15, 0.2) is 0 Å². The van der Waals surface area contributed by atoms with Crippen molar-refractivity contribution in [1.82, 2.24) is 5.32 Å². The Balaban J connectivity index is 1.96. The van der Waals surface area contributed by atoms with Crippen molar-refractivity contribution in [3.05, 3.63) is 29.8 Å². The van der Waals surface area contributed by atoms with Crippen molar-refractivity contribution in [2.45, 2.75) is 39.8 Å². The van der Waals surface area contributed by atoms with Gasteiger partial charge in [-0.15, -0.1) is 0 Å². The molecule has 0 radical (unpaired) electrons. The molecule has 0 aromatic heterocycles. The fourth-order valence-electron chi connectivity index (χ4n) is 2.40. The first kappa shape index (κ1) is 14.3. The van der Waals surface area contributed by atoms with Crippen LogP contribution >= 0.6 is 0 Å². The Hall–Kier alpha value is -1.16. The molecule has 1 aromatic carbocycles. The lowest BCUT2D eigenvalue weighted by molar-refractivity contribution is -0.0506. The molecule has 0 bridgehead atoms. The van der Waals surface area contributed by atoms with E-state index in [0.717, 1.165) is 12.1 Å². The molecule has 2 rings (SSSR count). The molecule has 4 heteroatoms. The highest BCUT2D eigenvalue weighted by Gasteiger charge is 2.44.